The quantitative estimate of drug-likeness (QED) is 0.709. The van der Waals surface area contributed by atoms with Gasteiger partial charge in [0.15, 0.2) is 0 Å². The van der Waals surface area contributed by atoms with E-state index in [2.05, 4.69) is 29.6 Å². The summed E-state index contributed by atoms with van der Waals surface area (Å²) in [5, 5.41) is 10.5. The Morgan fingerprint density at radius 1 is 1.14 bits per heavy atom. The molecule has 1 aliphatic heterocycles. The highest BCUT2D eigenvalue weighted by Crippen LogP contribution is 2.27. The van der Waals surface area contributed by atoms with Crippen molar-refractivity contribution in [3.8, 4) is 0 Å². The molecule has 3 amide bonds. The lowest BCUT2D eigenvalue weighted by molar-refractivity contribution is -0.137. The molecule has 29 heavy (non-hydrogen) atoms. The molecule has 1 fully saturated rings. The van der Waals surface area contributed by atoms with Gasteiger partial charge in [-0.3, -0.25) is 10.1 Å². The monoisotopic (exact) mass is 417 g/mol. The largest absolute Gasteiger partial charge is 0.342 e. The van der Waals surface area contributed by atoms with Crippen molar-refractivity contribution in [2.75, 3.05) is 23.7 Å². The minimum absolute atomic E-state index is 0.113. The van der Waals surface area contributed by atoms with Gasteiger partial charge < -0.3 is 10.2 Å². The van der Waals surface area contributed by atoms with E-state index in [0.29, 0.717) is 29.6 Å². The zero-order valence-corrected chi connectivity index (χ0v) is 17.7. The number of para-hydroxylation sites is 1. The maximum atomic E-state index is 12.6. The third-order valence-corrected chi connectivity index (χ3v) is 5.82. The van der Waals surface area contributed by atoms with Crippen molar-refractivity contribution in [2.45, 2.75) is 45.6 Å². The molecule has 1 saturated heterocycles. The summed E-state index contributed by atoms with van der Waals surface area (Å²) in [6, 6.07) is 8.62. The Morgan fingerprint density at radius 2 is 1.83 bits per heavy atom. The topological polar surface area (TPSA) is 79.3 Å². The van der Waals surface area contributed by atoms with Crippen LogP contribution in [-0.4, -0.2) is 39.7 Å². The van der Waals surface area contributed by atoms with Crippen LogP contribution in [0, 0.1) is 5.92 Å². The Kier molecular flexibility index (Phi) is 7.14. The number of halogens is 1. The first-order valence-electron chi connectivity index (χ1n) is 10.2. The molecule has 1 aliphatic rings. The molecule has 7 nitrogen and oxygen atoms in total. The average Bonchev–Trinajstić information content (AvgIpc) is 3.18. The lowest BCUT2D eigenvalue weighted by Gasteiger charge is -2.34. The molecule has 2 aromatic rings. The fourth-order valence-corrected chi connectivity index (χ4v) is 3.95. The van der Waals surface area contributed by atoms with Crippen LogP contribution in [0.2, 0.25) is 5.02 Å². The van der Waals surface area contributed by atoms with Crippen molar-refractivity contribution in [3.63, 3.8) is 0 Å². The number of anilines is 2. The molecule has 0 atom stereocenters. The second-order valence-electron chi connectivity index (χ2n) is 7.29. The van der Waals surface area contributed by atoms with Gasteiger partial charge in [0.2, 0.25) is 5.91 Å². The highest BCUT2D eigenvalue weighted by atomic mass is 35.5. The van der Waals surface area contributed by atoms with Crippen LogP contribution in [0.25, 0.3) is 0 Å². The highest BCUT2D eigenvalue weighted by molar-refractivity contribution is 6.33. The van der Waals surface area contributed by atoms with Crippen LogP contribution in [0.3, 0.4) is 0 Å². The van der Waals surface area contributed by atoms with Crippen LogP contribution < -0.4 is 10.6 Å². The third kappa shape index (κ3) is 5.09. The van der Waals surface area contributed by atoms with Gasteiger partial charge in [-0.25, -0.2) is 9.48 Å². The maximum Gasteiger partial charge on any atom is 0.324 e. The van der Waals surface area contributed by atoms with Crippen LogP contribution in [0.4, 0.5) is 16.3 Å². The Labute approximate surface area is 176 Å². The van der Waals surface area contributed by atoms with Gasteiger partial charge in [-0.1, -0.05) is 37.6 Å². The summed E-state index contributed by atoms with van der Waals surface area (Å²) in [7, 11) is 0. The Balaban J connectivity index is 1.59. The predicted octanol–water partition coefficient (Wildman–Crippen LogP) is 4.78. The van der Waals surface area contributed by atoms with Crippen molar-refractivity contribution in [2.24, 2.45) is 5.92 Å². The number of carbonyl (C=O) groups excluding carboxylic acids is 2. The lowest BCUT2D eigenvalue weighted by Crippen LogP contribution is -2.42. The van der Waals surface area contributed by atoms with E-state index in [4.69, 9.17) is 11.6 Å². The van der Waals surface area contributed by atoms with Crippen molar-refractivity contribution >= 4 is 35.0 Å². The fourth-order valence-electron chi connectivity index (χ4n) is 3.76. The number of carbonyl (C=O) groups is 2. The molecule has 2 N–H and O–H groups in total. The smallest absolute Gasteiger partial charge is 0.324 e. The van der Waals surface area contributed by atoms with Crippen LogP contribution >= 0.6 is 11.6 Å². The highest BCUT2D eigenvalue weighted by Gasteiger charge is 2.28. The molecule has 2 heterocycles. The number of aromatic nitrogens is 2. The van der Waals surface area contributed by atoms with E-state index >= 15 is 0 Å². The predicted molar refractivity (Wildman–Crippen MR) is 115 cm³/mol. The van der Waals surface area contributed by atoms with Gasteiger partial charge in [0.05, 0.1) is 22.9 Å². The second-order valence-corrected chi connectivity index (χ2v) is 7.70. The number of benzene rings is 1. The van der Waals surface area contributed by atoms with Gasteiger partial charge >= 0.3 is 6.03 Å². The fraction of sp³-hybridized carbons (Fsp3) is 0.476. The average molecular weight is 418 g/mol. The molecule has 0 aliphatic carbocycles. The van der Waals surface area contributed by atoms with E-state index in [9.17, 15) is 9.59 Å². The van der Waals surface area contributed by atoms with E-state index in [1.807, 2.05) is 15.6 Å². The first-order chi connectivity index (χ1) is 14.0. The van der Waals surface area contributed by atoms with Crippen molar-refractivity contribution in [3.05, 3.63) is 41.6 Å². The molecule has 8 heteroatoms. The summed E-state index contributed by atoms with van der Waals surface area (Å²) < 4.78 is 1.84. The zero-order valence-electron chi connectivity index (χ0n) is 16.9. The van der Waals surface area contributed by atoms with E-state index < -0.39 is 0 Å². The Bertz CT molecular complexity index is 841. The summed E-state index contributed by atoms with van der Waals surface area (Å²) in [5.74, 6) is 0.993. The SMILES string of the molecule is CCC(CC)C(=O)N1CCC(n2nccc2NC(=O)Nc2ccccc2Cl)CC1. The molecule has 0 bridgehead atoms. The summed E-state index contributed by atoms with van der Waals surface area (Å²) in [5.41, 5.74) is 0.547. The van der Waals surface area contributed by atoms with Crippen molar-refractivity contribution in [1.29, 1.82) is 0 Å². The van der Waals surface area contributed by atoms with E-state index in [1.165, 1.54) is 0 Å². The van der Waals surface area contributed by atoms with Crippen molar-refractivity contribution in [1.82, 2.24) is 14.7 Å². The molecule has 1 aromatic heterocycles. The Morgan fingerprint density at radius 3 is 2.48 bits per heavy atom. The number of rotatable bonds is 6. The first-order valence-corrected chi connectivity index (χ1v) is 10.6. The summed E-state index contributed by atoms with van der Waals surface area (Å²) in [6.07, 6.45) is 5.06. The second kappa shape index (κ2) is 9.78. The van der Waals surface area contributed by atoms with Gasteiger partial charge in [0.1, 0.15) is 5.82 Å². The molecule has 3 rings (SSSR count). The minimum Gasteiger partial charge on any atom is -0.342 e. The summed E-state index contributed by atoms with van der Waals surface area (Å²) in [4.78, 5) is 26.9. The van der Waals surface area contributed by atoms with Crippen LogP contribution in [0.15, 0.2) is 36.5 Å². The van der Waals surface area contributed by atoms with Gasteiger partial charge in [0, 0.05) is 25.1 Å². The molecule has 0 unspecified atom stereocenters. The standard InChI is InChI=1S/C21H28ClN5O2/c1-3-15(4-2)20(28)26-13-10-16(11-14-26)27-19(9-12-23-27)25-21(29)24-18-8-6-5-7-17(18)22/h5-9,12,15-16H,3-4,10-11,13-14H2,1-2H3,(H2,24,25,29). The van der Waals surface area contributed by atoms with Gasteiger partial charge in [-0.2, -0.15) is 5.10 Å². The van der Waals surface area contributed by atoms with E-state index in [0.717, 1.165) is 25.7 Å². The number of likely N-dealkylation sites (tertiary alicyclic amines) is 1. The molecule has 0 radical (unpaired) electrons. The third-order valence-electron chi connectivity index (χ3n) is 5.49. The summed E-state index contributed by atoms with van der Waals surface area (Å²) >= 11 is 6.09. The molecular weight excluding hydrogens is 390 g/mol. The Hall–Kier alpha value is -2.54. The summed E-state index contributed by atoms with van der Waals surface area (Å²) in [6.45, 7) is 5.55. The molecule has 1 aromatic carbocycles. The number of hydrogen-bond acceptors (Lipinski definition) is 3. The number of nitrogens with one attached hydrogen (secondary N) is 2. The van der Waals surface area contributed by atoms with E-state index in [-0.39, 0.29) is 23.9 Å². The number of hydrogen-bond donors (Lipinski definition) is 2. The molecule has 0 saturated carbocycles. The molecule has 0 spiro atoms. The minimum atomic E-state index is -0.374. The van der Waals surface area contributed by atoms with E-state index in [1.54, 1.807) is 30.5 Å². The zero-order chi connectivity index (χ0) is 20.8. The van der Waals surface area contributed by atoms with Crippen molar-refractivity contribution < 1.29 is 9.59 Å². The van der Waals surface area contributed by atoms with Gasteiger partial charge in [0.25, 0.3) is 0 Å². The van der Waals surface area contributed by atoms with Crippen LogP contribution in [0.1, 0.15) is 45.6 Å². The number of nitrogens with zero attached hydrogens (tertiary/aromatic N) is 3. The lowest BCUT2D eigenvalue weighted by atomic mass is 9.98. The number of piperidine rings is 1. The van der Waals surface area contributed by atoms with Gasteiger partial charge in [-0.05, 0) is 37.8 Å². The first kappa shape index (κ1) is 21.2. The maximum absolute atomic E-state index is 12.6. The van der Waals surface area contributed by atoms with Crippen LogP contribution in [0.5, 0.6) is 0 Å². The van der Waals surface area contributed by atoms with Gasteiger partial charge in [-0.15, -0.1) is 0 Å². The number of amides is 3. The normalized spacial score (nSPS) is 14.8. The molecule has 156 valence electrons. The van der Waals surface area contributed by atoms with Crippen LogP contribution in [-0.2, 0) is 4.79 Å². The number of urea groups is 1. The molecular formula is C21H28ClN5O2.